The van der Waals surface area contributed by atoms with E-state index in [1.165, 1.54) is 89.0 Å². The van der Waals surface area contributed by atoms with Crippen LogP contribution in [0.25, 0.3) is 34.4 Å². The molecular weight excluding hydrogens is 887 g/mol. The number of rotatable bonds is 11. The molecule has 62 heavy (non-hydrogen) atoms. The van der Waals surface area contributed by atoms with Crippen LogP contribution in [0.4, 0.5) is 0 Å². The van der Waals surface area contributed by atoms with Crippen molar-refractivity contribution in [3.63, 3.8) is 0 Å². The molecule has 335 valence electrons. The molecule has 2 aliphatic carbocycles. The van der Waals surface area contributed by atoms with Crippen LogP contribution in [-0.2, 0) is 37.2 Å². The van der Waals surface area contributed by atoms with E-state index in [-0.39, 0.29) is 28.9 Å². The monoisotopic (exact) mass is 965 g/mol. The van der Waals surface area contributed by atoms with E-state index in [1.807, 2.05) is 0 Å². The maximum absolute atomic E-state index is 9.12. The second-order valence-electron chi connectivity index (χ2n) is 24.0. The van der Waals surface area contributed by atoms with Gasteiger partial charge in [-0.3, -0.25) is 0 Å². The van der Waals surface area contributed by atoms with Gasteiger partial charge in [0.2, 0.25) is 0 Å². The number of benzene rings is 4. The third-order valence-corrected chi connectivity index (χ3v) is 66.6. The number of halogens is 2. The minimum atomic E-state index is -5.07. The predicted octanol–water partition coefficient (Wildman–Crippen LogP) is 18.8. The molecule has 0 radical (unpaired) electrons. The van der Waals surface area contributed by atoms with Gasteiger partial charge in [0.05, 0.1) is 0 Å². The standard InChI is InChI=1S/2C28H37.C2H7Si.2ClH.Zr/c2*1-9-10-11-20-14-21-13-12-19(2)26(25(21)15-20)22-16-23(27(3,4)5)18-24(17-22)28(6,7)8;1-3-2;;;/h2*12-18H,9-11H2,1-8H3;3H,1-2H3;2*1H;/q;;;;;+2/p-2. The molecule has 0 aliphatic heterocycles. The molecule has 0 saturated heterocycles. The molecule has 0 nitrogen and oxygen atoms in total. The first-order chi connectivity index (χ1) is 28.5. The van der Waals surface area contributed by atoms with Gasteiger partial charge in [-0.1, -0.05) is 0 Å². The fourth-order valence-electron chi connectivity index (χ4n) is 10.6. The topological polar surface area (TPSA) is 0 Å². The third kappa shape index (κ3) is 9.10. The Balaban J connectivity index is 1.67. The van der Waals surface area contributed by atoms with Crippen molar-refractivity contribution in [2.24, 2.45) is 0 Å². The summed E-state index contributed by atoms with van der Waals surface area (Å²) < 4.78 is 0.144. The summed E-state index contributed by atoms with van der Waals surface area (Å²) in [6, 6.07) is 24.6. The van der Waals surface area contributed by atoms with Crippen molar-refractivity contribution >= 4 is 35.1 Å². The van der Waals surface area contributed by atoms with Crippen molar-refractivity contribution in [1.82, 2.24) is 0 Å². The average Bonchev–Trinajstić information content (AvgIpc) is 3.73. The van der Waals surface area contributed by atoms with Gasteiger partial charge in [-0.25, -0.2) is 0 Å². The Morgan fingerprint density at radius 1 is 0.500 bits per heavy atom. The van der Waals surface area contributed by atoms with Crippen LogP contribution in [0.1, 0.15) is 198 Å². The van der Waals surface area contributed by atoms with E-state index in [1.54, 1.807) is 0 Å². The average molecular weight is 969 g/mol. The Hall–Kier alpha value is -1.96. The van der Waals surface area contributed by atoms with Gasteiger partial charge >= 0.3 is 392 Å². The van der Waals surface area contributed by atoms with E-state index in [0.717, 1.165) is 38.5 Å². The van der Waals surface area contributed by atoms with Crippen molar-refractivity contribution in [3.05, 3.63) is 127 Å². The third-order valence-electron chi connectivity index (χ3n) is 14.7. The summed E-state index contributed by atoms with van der Waals surface area (Å²) in [5.41, 5.74) is 22.2. The van der Waals surface area contributed by atoms with Crippen LogP contribution in [0.3, 0.4) is 0 Å². The zero-order valence-electron chi connectivity index (χ0n) is 42.2. The van der Waals surface area contributed by atoms with E-state index in [0.29, 0.717) is 0 Å². The molecule has 0 N–H and O–H groups in total. The van der Waals surface area contributed by atoms with Crippen LogP contribution in [0.5, 0.6) is 0 Å². The van der Waals surface area contributed by atoms with Gasteiger partial charge in [0, 0.05) is 0 Å². The first-order valence-electron chi connectivity index (χ1n) is 24.1. The summed E-state index contributed by atoms with van der Waals surface area (Å²) in [6.07, 6.45) is 11.8. The van der Waals surface area contributed by atoms with Crippen LogP contribution in [0, 0.1) is 13.8 Å². The van der Waals surface area contributed by atoms with E-state index in [4.69, 9.17) is 17.0 Å². The Morgan fingerprint density at radius 3 is 1.06 bits per heavy atom. The quantitative estimate of drug-likeness (QED) is 0.131. The predicted molar refractivity (Wildman–Crippen MR) is 279 cm³/mol. The van der Waals surface area contributed by atoms with Crippen molar-refractivity contribution < 1.29 is 15.6 Å². The van der Waals surface area contributed by atoms with E-state index >= 15 is 0 Å². The molecule has 0 amide bonds. The molecular formula is C58H81Cl2SiZr. The van der Waals surface area contributed by atoms with E-state index < -0.39 is 21.5 Å². The fraction of sp³-hybridized carbons (Fsp3) is 0.517. The van der Waals surface area contributed by atoms with Gasteiger partial charge in [0.15, 0.2) is 0 Å². The Labute approximate surface area is 388 Å². The molecule has 0 heterocycles. The second-order valence-corrected chi connectivity index (χ2v) is 66.5. The molecule has 4 heteroatoms. The Kier molecular flexibility index (Phi) is 13.9. The van der Waals surface area contributed by atoms with Gasteiger partial charge < -0.3 is 0 Å². The van der Waals surface area contributed by atoms with Gasteiger partial charge in [-0.15, -0.1) is 0 Å². The van der Waals surface area contributed by atoms with Crippen LogP contribution in [0.2, 0.25) is 13.1 Å². The minimum absolute atomic E-state index is 0.0222. The molecule has 4 aromatic rings. The van der Waals surface area contributed by atoms with Gasteiger partial charge in [-0.2, -0.15) is 0 Å². The Bertz CT molecular complexity index is 2190. The molecule has 0 saturated carbocycles. The summed E-state index contributed by atoms with van der Waals surface area (Å²) in [5.74, 6) is -1.75. The van der Waals surface area contributed by atoms with Crippen LogP contribution in [-0.4, -0.2) is 5.92 Å². The van der Waals surface area contributed by atoms with Crippen LogP contribution >= 0.6 is 17.0 Å². The summed E-state index contributed by atoms with van der Waals surface area (Å²) in [5, 5.41) is 0. The molecule has 4 aromatic carbocycles. The van der Waals surface area contributed by atoms with Crippen molar-refractivity contribution in [2.45, 2.75) is 191 Å². The Morgan fingerprint density at radius 2 is 0.806 bits per heavy atom. The second kappa shape index (κ2) is 17.4. The molecule has 0 fully saturated rings. The molecule has 0 bridgehead atoms. The number of aryl methyl sites for hydroxylation is 2. The van der Waals surface area contributed by atoms with Crippen molar-refractivity contribution in [2.75, 3.05) is 0 Å². The molecule has 0 spiro atoms. The van der Waals surface area contributed by atoms with Crippen molar-refractivity contribution in [3.8, 4) is 22.3 Å². The van der Waals surface area contributed by atoms with Gasteiger partial charge in [-0.05, 0) is 0 Å². The number of hydrogen-bond donors (Lipinski definition) is 0. The normalized spacial score (nSPS) is 17.8. The molecule has 6 rings (SSSR count). The number of hydrogen-bond acceptors (Lipinski definition) is 0. The molecule has 2 atom stereocenters. The first kappa shape index (κ1) is 49.5. The number of fused-ring (bicyclic) bond motifs is 2. The first-order valence-corrected chi connectivity index (χ1v) is 40.4. The van der Waals surface area contributed by atoms with Crippen molar-refractivity contribution in [1.29, 1.82) is 0 Å². The van der Waals surface area contributed by atoms with Gasteiger partial charge in [0.1, 0.15) is 0 Å². The zero-order valence-corrected chi connectivity index (χ0v) is 47.3. The molecule has 0 aromatic heterocycles. The molecule has 2 aliphatic rings. The summed E-state index contributed by atoms with van der Waals surface area (Å²) in [7, 11) is 18.2. The van der Waals surface area contributed by atoms with Gasteiger partial charge in [0.25, 0.3) is 0 Å². The number of unbranched alkanes of at least 4 members (excludes halogenated alkanes) is 2. The van der Waals surface area contributed by atoms with E-state index in [2.05, 4.69) is 197 Å². The molecule has 2 unspecified atom stereocenters. The summed E-state index contributed by atoms with van der Waals surface area (Å²) in [6.45, 7) is 42.5. The number of allylic oxidation sites excluding steroid dienone is 2. The zero-order chi connectivity index (χ0) is 46.1. The van der Waals surface area contributed by atoms with Crippen LogP contribution in [0.15, 0.2) is 71.8 Å². The fourth-order valence-corrected chi connectivity index (χ4v) is 42.1. The van der Waals surface area contributed by atoms with Crippen LogP contribution < -0.4 is 0 Å². The summed E-state index contributed by atoms with van der Waals surface area (Å²) >= 11 is -5.07. The maximum atomic E-state index is 9.12. The SMILES string of the molecule is CCCCC1=Cc2c(ccc(C)c2-c2cc(C(C)(C)C)cc(C(C)(C)C)c2)[CH]1[Zr]([Cl])([Cl])([CH]1C(CCCC)=Cc2c1ccc(C)c2-c1cc(C(C)(C)C)cc(C(C)(C)C)c1)[SiH](C)C. The summed E-state index contributed by atoms with van der Waals surface area (Å²) in [4.78, 5) is 0. The van der Waals surface area contributed by atoms with E-state index in [9.17, 15) is 0 Å².